The highest BCUT2D eigenvalue weighted by Crippen LogP contribution is 2.30. The zero-order chi connectivity index (χ0) is 29.2. The first-order valence-electron chi connectivity index (χ1n) is 14.9. The van der Waals surface area contributed by atoms with Crippen molar-refractivity contribution in [1.29, 1.82) is 0 Å². The standard InChI is InChI=1S/C31H40N6O5/c1-42-26-9-7-25(8-10-26)34-16-18-36(31(40)41)28(22-34)37-29(38)27-21-33(15-17-35(27)30(37)39)20-24-11-13-32(14-12-24)19-23-5-3-2-4-6-23/h2-10,24,27-28H,11-22H2,1H3,(H,40,41)/t27?,28-/m1/s1. The molecule has 2 atom stereocenters. The number of piperidine rings is 1. The molecule has 0 aromatic heterocycles. The molecule has 42 heavy (non-hydrogen) atoms. The number of carbonyl (C=O) groups is 3. The third kappa shape index (κ3) is 5.76. The summed E-state index contributed by atoms with van der Waals surface area (Å²) in [6.45, 7) is 6.59. The fourth-order valence-corrected chi connectivity index (χ4v) is 6.88. The number of methoxy groups -OCH3 is 1. The number of piperazine rings is 2. The van der Waals surface area contributed by atoms with Crippen LogP contribution in [0, 0.1) is 5.92 Å². The van der Waals surface area contributed by atoms with E-state index in [4.69, 9.17) is 4.74 Å². The third-order valence-electron chi connectivity index (χ3n) is 9.25. The molecule has 1 unspecified atom stereocenters. The van der Waals surface area contributed by atoms with Gasteiger partial charge in [-0.25, -0.2) is 14.5 Å². The number of anilines is 1. The number of hydrogen-bond acceptors (Lipinski definition) is 7. The SMILES string of the molecule is COc1ccc(N2CCN(C(=O)O)[C@H](N3C(=O)C4CN(CC5CCN(Cc6ccccc6)CC5)CCN4C3=O)C2)cc1. The van der Waals surface area contributed by atoms with Crippen molar-refractivity contribution in [3.63, 3.8) is 0 Å². The highest BCUT2D eigenvalue weighted by molar-refractivity contribution is 6.05. The van der Waals surface area contributed by atoms with E-state index in [1.165, 1.54) is 15.4 Å². The Morgan fingerprint density at radius 3 is 2.31 bits per heavy atom. The summed E-state index contributed by atoms with van der Waals surface area (Å²) in [6.07, 6.45) is 0.229. The van der Waals surface area contributed by atoms with Crippen molar-refractivity contribution in [3.05, 3.63) is 60.2 Å². The molecule has 1 N–H and O–H groups in total. The van der Waals surface area contributed by atoms with E-state index >= 15 is 0 Å². The maximum atomic E-state index is 13.8. The molecule has 4 aliphatic rings. The number of imide groups is 1. The van der Waals surface area contributed by atoms with E-state index in [0.717, 1.165) is 57.0 Å². The van der Waals surface area contributed by atoms with Gasteiger partial charge < -0.3 is 19.6 Å². The highest BCUT2D eigenvalue weighted by Gasteiger charge is 2.53. The minimum Gasteiger partial charge on any atom is -0.497 e. The lowest BCUT2D eigenvalue weighted by atomic mass is 9.95. The summed E-state index contributed by atoms with van der Waals surface area (Å²) in [6, 6.07) is 17.1. The number of likely N-dealkylation sites (tertiary alicyclic amines) is 1. The number of carboxylic acid groups (broad SMARTS) is 1. The van der Waals surface area contributed by atoms with Gasteiger partial charge in [-0.15, -0.1) is 0 Å². The number of ether oxygens (including phenoxy) is 1. The molecule has 4 aliphatic heterocycles. The first-order chi connectivity index (χ1) is 20.4. The number of nitrogens with zero attached hydrogens (tertiary/aromatic N) is 6. The molecule has 0 aliphatic carbocycles. The van der Waals surface area contributed by atoms with Crippen LogP contribution >= 0.6 is 0 Å². The summed E-state index contributed by atoms with van der Waals surface area (Å²) in [5.74, 6) is 0.990. The highest BCUT2D eigenvalue weighted by atomic mass is 16.5. The van der Waals surface area contributed by atoms with Gasteiger partial charge in [-0.1, -0.05) is 30.3 Å². The van der Waals surface area contributed by atoms with Crippen LogP contribution in [-0.2, 0) is 11.3 Å². The van der Waals surface area contributed by atoms with Crippen molar-refractivity contribution in [1.82, 2.24) is 24.5 Å². The first-order valence-corrected chi connectivity index (χ1v) is 14.9. The summed E-state index contributed by atoms with van der Waals surface area (Å²) in [7, 11) is 1.60. The van der Waals surface area contributed by atoms with E-state index < -0.39 is 18.3 Å². The molecular weight excluding hydrogens is 536 g/mol. The van der Waals surface area contributed by atoms with Crippen LogP contribution in [0.3, 0.4) is 0 Å². The molecular formula is C31H40N6O5. The number of fused-ring (bicyclic) bond motifs is 1. The van der Waals surface area contributed by atoms with E-state index in [2.05, 4.69) is 34.1 Å². The van der Waals surface area contributed by atoms with Crippen LogP contribution in [0.4, 0.5) is 15.3 Å². The molecule has 4 heterocycles. The van der Waals surface area contributed by atoms with E-state index in [-0.39, 0.29) is 25.0 Å². The van der Waals surface area contributed by atoms with E-state index in [1.54, 1.807) is 12.0 Å². The molecule has 11 nitrogen and oxygen atoms in total. The maximum absolute atomic E-state index is 13.8. The van der Waals surface area contributed by atoms with Gasteiger partial charge in [-0.2, -0.15) is 0 Å². The third-order valence-corrected chi connectivity index (χ3v) is 9.25. The van der Waals surface area contributed by atoms with Crippen LogP contribution in [0.5, 0.6) is 5.75 Å². The first kappa shape index (κ1) is 28.3. The lowest BCUT2D eigenvalue weighted by Gasteiger charge is -2.43. The molecule has 4 fully saturated rings. The van der Waals surface area contributed by atoms with Crippen LogP contribution in [0.15, 0.2) is 54.6 Å². The summed E-state index contributed by atoms with van der Waals surface area (Å²) in [5.41, 5.74) is 2.23. The molecule has 2 aromatic rings. The Hall–Kier alpha value is -3.83. The Morgan fingerprint density at radius 1 is 0.881 bits per heavy atom. The Kier molecular flexibility index (Phi) is 8.21. The number of carbonyl (C=O) groups excluding carboxylic acids is 2. The van der Waals surface area contributed by atoms with Gasteiger partial charge >= 0.3 is 12.1 Å². The molecule has 4 amide bonds. The van der Waals surface area contributed by atoms with Crippen LogP contribution < -0.4 is 9.64 Å². The van der Waals surface area contributed by atoms with Gasteiger partial charge in [0, 0.05) is 51.5 Å². The molecule has 0 saturated carbocycles. The van der Waals surface area contributed by atoms with Crippen molar-refractivity contribution >= 4 is 23.7 Å². The average molecular weight is 577 g/mol. The summed E-state index contributed by atoms with van der Waals surface area (Å²) < 4.78 is 5.26. The van der Waals surface area contributed by atoms with Crippen molar-refractivity contribution in [2.75, 3.05) is 70.9 Å². The zero-order valence-electron chi connectivity index (χ0n) is 24.2. The number of urea groups is 1. The topological polar surface area (TPSA) is 100 Å². The molecule has 0 spiro atoms. The summed E-state index contributed by atoms with van der Waals surface area (Å²) in [5, 5.41) is 9.97. The quantitative estimate of drug-likeness (QED) is 0.503. The molecule has 11 heteroatoms. The Bertz CT molecular complexity index is 1270. The lowest BCUT2D eigenvalue weighted by Crippen LogP contribution is -2.63. The zero-order valence-corrected chi connectivity index (χ0v) is 24.2. The van der Waals surface area contributed by atoms with Crippen molar-refractivity contribution in [2.45, 2.75) is 31.6 Å². The van der Waals surface area contributed by atoms with Crippen LogP contribution in [-0.4, -0.2) is 126 Å². The Morgan fingerprint density at radius 2 is 1.62 bits per heavy atom. The Balaban J connectivity index is 1.08. The van der Waals surface area contributed by atoms with Crippen molar-refractivity contribution in [2.24, 2.45) is 5.92 Å². The number of amides is 4. The predicted molar refractivity (Wildman–Crippen MR) is 157 cm³/mol. The van der Waals surface area contributed by atoms with Gasteiger partial charge in [0.05, 0.1) is 13.7 Å². The monoisotopic (exact) mass is 576 g/mol. The Labute approximate surface area is 246 Å². The number of hydrogen-bond donors (Lipinski definition) is 1. The number of rotatable bonds is 7. The van der Waals surface area contributed by atoms with Crippen LogP contribution in [0.2, 0.25) is 0 Å². The van der Waals surface area contributed by atoms with Gasteiger partial charge in [-0.05, 0) is 61.7 Å². The van der Waals surface area contributed by atoms with Gasteiger partial charge in [0.15, 0.2) is 0 Å². The molecule has 4 saturated heterocycles. The normalized spacial score (nSPS) is 24.3. The molecule has 0 radical (unpaired) electrons. The fraction of sp³-hybridized carbons (Fsp3) is 0.516. The smallest absolute Gasteiger partial charge is 0.409 e. The van der Waals surface area contributed by atoms with Gasteiger partial charge in [0.25, 0.3) is 5.91 Å². The number of benzene rings is 2. The van der Waals surface area contributed by atoms with Gasteiger partial charge in [0.1, 0.15) is 18.0 Å². The second-order valence-corrected chi connectivity index (χ2v) is 11.8. The largest absolute Gasteiger partial charge is 0.497 e. The van der Waals surface area contributed by atoms with Crippen molar-refractivity contribution < 1.29 is 24.2 Å². The van der Waals surface area contributed by atoms with E-state index in [9.17, 15) is 19.5 Å². The molecule has 2 aromatic carbocycles. The summed E-state index contributed by atoms with van der Waals surface area (Å²) >= 11 is 0. The van der Waals surface area contributed by atoms with E-state index in [0.29, 0.717) is 25.6 Å². The molecule has 224 valence electrons. The average Bonchev–Trinajstić information content (AvgIpc) is 3.26. The molecule has 0 bridgehead atoms. The lowest BCUT2D eigenvalue weighted by molar-refractivity contribution is -0.133. The predicted octanol–water partition coefficient (Wildman–Crippen LogP) is 2.68. The van der Waals surface area contributed by atoms with E-state index in [1.807, 2.05) is 35.2 Å². The van der Waals surface area contributed by atoms with Crippen molar-refractivity contribution in [3.8, 4) is 5.75 Å². The second-order valence-electron chi connectivity index (χ2n) is 11.8. The second kappa shape index (κ2) is 12.2. The van der Waals surface area contributed by atoms with Gasteiger partial charge in [0.2, 0.25) is 0 Å². The summed E-state index contributed by atoms with van der Waals surface area (Å²) in [4.78, 5) is 50.5. The van der Waals surface area contributed by atoms with Crippen LogP contribution in [0.25, 0.3) is 0 Å². The minimum absolute atomic E-state index is 0.197. The minimum atomic E-state index is -1.12. The van der Waals surface area contributed by atoms with Gasteiger partial charge in [-0.3, -0.25) is 19.5 Å². The molecule has 6 rings (SSSR count). The fourth-order valence-electron chi connectivity index (χ4n) is 6.88. The van der Waals surface area contributed by atoms with Crippen LogP contribution in [0.1, 0.15) is 18.4 Å². The maximum Gasteiger partial charge on any atom is 0.409 e.